The standard InChI is InChI=1S/C16H18N2O4S/c1-16(2,3)22-15(19)18-14-17-11(9-23-14)10-4-5-12-13(8-10)21-7-6-20-12/h4-5,8-9H,6-7H2,1-3H3,(H,17,18,19). The van der Waals surface area contributed by atoms with Crippen LogP contribution in [0.2, 0.25) is 0 Å². The number of fused-ring (bicyclic) bond motifs is 1. The van der Waals surface area contributed by atoms with Crippen molar-refractivity contribution in [3.05, 3.63) is 23.6 Å². The van der Waals surface area contributed by atoms with E-state index < -0.39 is 11.7 Å². The van der Waals surface area contributed by atoms with Crippen LogP contribution in [0.25, 0.3) is 11.3 Å². The summed E-state index contributed by atoms with van der Waals surface area (Å²) in [7, 11) is 0. The van der Waals surface area contributed by atoms with Crippen molar-refractivity contribution in [2.24, 2.45) is 0 Å². The fourth-order valence-electron chi connectivity index (χ4n) is 2.06. The molecule has 0 bridgehead atoms. The highest BCUT2D eigenvalue weighted by Crippen LogP contribution is 2.35. The zero-order chi connectivity index (χ0) is 16.4. The van der Waals surface area contributed by atoms with Crippen LogP contribution in [0.3, 0.4) is 0 Å². The average Bonchev–Trinajstić information content (AvgIpc) is 2.93. The molecule has 0 saturated carbocycles. The van der Waals surface area contributed by atoms with Gasteiger partial charge in [-0.05, 0) is 39.0 Å². The summed E-state index contributed by atoms with van der Waals surface area (Å²) in [5, 5.41) is 5.00. The SMILES string of the molecule is CC(C)(C)OC(=O)Nc1nc(-c2ccc3c(c2)OCCO3)cs1. The Balaban J connectivity index is 1.73. The van der Waals surface area contributed by atoms with Crippen molar-refractivity contribution in [1.29, 1.82) is 0 Å². The average molecular weight is 334 g/mol. The third-order valence-corrected chi connectivity index (χ3v) is 3.71. The first-order valence-corrected chi connectivity index (χ1v) is 8.14. The minimum Gasteiger partial charge on any atom is -0.486 e. The number of carbonyl (C=O) groups excluding carboxylic acids is 1. The number of ether oxygens (including phenoxy) is 3. The van der Waals surface area contributed by atoms with Gasteiger partial charge in [-0.25, -0.2) is 9.78 Å². The number of nitrogens with one attached hydrogen (secondary N) is 1. The van der Waals surface area contributed by atoms with Crippen LogP contribution >= 0.6 is 11.3 Å². The van der Waals surface area contributed by atoms with Crippen LogP contribution in [0.15, 0.2) is 23.6 Å². The molecule has 1 aliphatic rings. The van der Waals surface area contributed by atoms with Crippen molar-refractivity contribution in [3.63, 3.8) is 0 Å². The number of amides is 1. The lowest BCUT2D eigenvalue weighted by Crippen LogP contribution is -2.27. The number of carbonyl (C=O) groups is 1. The molecule has 1 aromatic carbocycles. The highest BCUT2D eigenvalue weighted by Gasteiger charge is 2.18. The summed E-state index contributed by atoms with van der Waals surface area (Å²) >= 11 is 1.34. The summed E-state index contributed by atoms with van der Waals surface area (Å²) in [6.45, 7) is 6.55. The van der Waals surface area contributed by atoms with Gasteiger partial charge in [0.1, 0.15) is 18.8 Å². The molecule has 0 radical (unpaired) electrons. The fraction of sp³-hybridized carbons (Fsp3) is 0.375. The Morgan fingerprint density at radius 1 is 1.26 bits per heavy atom. The summed E-state index contributed by atoms with van der Waals surface area (Å²) in [6.07, 6.45) is -0.513. The molecule has 1 amide bonds. The zero-order valence-corrected chi connectivity index (χ0v) is 14.0. The molecule has 1 aliphatic heterocycles. The van der Waals surface area contributed by atoms with Crippen LogP contribution in [0.5, 0.6) is 11.5 Å². The highest BCUT2D eigenvalue weighted by molar-refractivity contribution is 7.14. The number of aromatic nitrogens is 1. The molecule has 0 atom stereocenters. The van der Waals surface area contributed by atoms with Crippen LogP contribution in [0.1, 0.15) is 20.8 Å². The van der Waals surface area contributed by atoms with Gasteiger partial charge in [-0.1, -0.05) is 0 Å². The number of nitrogens with zero attached hydrogens (tertiary/aromatic N) is 1. The predicted molar refractivity (Wildman–Crippen MR) is 88.4 cm³/mol. The molecule has 0 spiro atoms. The van der Waals surface area contributed by atoms with Crippen molar-refractivity contribution >= 4 is 22.6 Å². The highest BCUT2D eigenvalue weighted by atomic mass is 32.1. The van der Waals surface area contributed by atoms with Gasteiger partial charge in [-0.3, -0.25) is 5.32 Å². The van der Waals surface area contributed by atoms with Crippen LogP contribution in [0.4, 0.5) is 9.93 Å². The first-order valence-electron chi connectivity index (χ1n) is 7.26. The van der Waals surface area contributed by atoms with E-state index in [9.17, 15) is 4.79 Å². The smallest absolute Gasteiger partial charge is 0.413 e. The van der Waals surface area contributed by atoms with Crippen molar-refractivity contribution < 1.29 is 19.0 Å². The van der Waals surface area contributed by atoms with E-state index in [1.54, 1.807) is 0 Å². The molecule has 7 heteroatoms. The van der Waals surface area contributed by atoms with E-state index in [1.807, 2.05) is 44.4 Å². The quantitative estimate of drug-likeness (QED) is 0.901. The van der Waals surface area contributed by atoms with Gasteiger partial charge >= 0.3 is 6.09 Å². The number of anilines is 1. The molecule has 3 rings (SSSR count). The van der Waals surface area contributed by atoms with Crippen LogP contribution < -0.4 is 14.8 Å². The molecule has 0 saturated heterocycles. The van der Waals surface area contributed by atoms with Crippen molar-refractivity contribution in [2.75, 3.05) is 18.5 Å². The molecule has 1 aromatic heterocycles. The monoisotopic (exact) mass is 334 g/mol. The Labute approximate surface area is 138 Å². The van der Waals surface area contributed by atoms with E-state index in [1.165, 1.54) is 11.3 Å². The maximum atomic E-state index is 11.8. The van der Waals surface area contributed by atoms with Gasteiger partial charge in [0, 0.05) is 10.9 Å². The summed E-state index contributed by atoms with van der Waals surface area (Å²) < 4.78 is 16.3. The molecule has 23 heavy (non-hydrogen) atoms. The molecule has 1 N–H and O–H groups in total. The van der Waals surface area contributed by atoms with Gasteiger partial charge in [-0.2, -0.15) is 0 Å². The van der Waals surface area contributed by atoms with Crippen LogP contribution in [-0.2, 0) is 4.74 Å². The molecule has 6 nitrogen and oxygen atoms in total. The number of thiazole rings is 1. The van der Waals surface area contributed by atoms with E-state index in [4.69, 9.17) is 14.2 Å². The summed E-state index contributed by atoms with van der Waals surface area (Å²) in [6, 6.07) is 5.67. The summed E-state index contributed by atoms with van der Waals surface area (Å²) in [5.41, 5.74) is 1.13. The number of hydrogen-bond donors (Lipinski definition) is 1. The van der Waals surface area contributed by atoms with Crippen LogP contribution in [0, 0.1) is 0 Å². The van der Waals surface area contributed by atoms with E-state index >= 15 is 0 Å². The second-order valence-corrected chi connectivity index (χ2v) is 6.88. The predicted octanol–water partition coefficient (Wildman–Crippen LogP) is 3.93. The minimum absolute atomic E-state index is 0.490. The lowest BCUT2D eigenvalue weighted by Gasteiger charge is -2.19. The Kier molecular flexibility index (Phi) is 4.12. The van der Waals surface area contributed by atoms with Crippen molar-refractivity contribution in [1.82, 2.24) is 4.98 Å². The number of benzene rings is 1. The Hall–Kier alpha value is -2.28. The van der Waals surface area contributed by atoms with E-state index in [2.05, 4.69) is 10.3 Å². The van der Waals surface area contributed by atoms with Gasteiger partial charge < -0.3 is 14.2 Å². The van der Waals surface area contributed by atoms with Gasteiger partial charge in [0.2, 0.25) is 0 Å². The molecular weight excluding hydrogens is 316 g/mol. The van der Waals surface area contributed by atoms with Crippen LogP contribution in [-0.4, -0.2) is 29.9 Å². The lowest BCUT2D eigenvalue weighted by molar-refractivity contribution is 0.0636. The molecule has 2 heterocycles. The third-order valence-electron chi connectivity index (χ3n) is 2.95. The van der Waals surface area contributed by atoms with Crippen molar-refractivity contribution in [2.45, 2.75) is 26.4 Å². The van der Waals surface area contributed by atoms with Gasteiger partial charge in [0.05, 0.1) is 5.69 Å². The third kappa shape index (κ3) is 3.92. The molecule has 122 valence electrons. The van der Waals surface area contributed by atoms with E-state index in [0.717, 1.165) is 17.0 Å². The Bertz CT molecular complexity index is 721. The Morgan fingerprint density at radius 2 is 2.00 bits per heavy atom. The first kappa shape index (κ1) is 15.6. The van der Waals surface area contributed by atoms with Gasteiger partial charge in [0.15, 0.2) is 16.6 Å². The Morgan fingerprint density at radius 3 is 2.74 bits per heavy atom. The van der Waals surface area contributed by atoms with E-state index in [-0.39, 0.29) is 0 Å². The van der Waals surface area contributed by atoms with E-state index in [0.29, 0.717) is 24.1 Å². The normalized spacial score (nSPS) is 13.5. The molecule has 0 unspecified atom stereocenters. The second kappa shape index (κ2) is 6.08. The molecule has 0 aliphatic carbocycles. The minimum atomic E-state index is -0.542. The number of hydrogen-bond acceptors (Lipinski definition) is 6. The maximum Gasteiger partial charge on any atom is 0.413 e. The summed E-state index contributed by atoms with van der Waals surface area (Å²) in [4.78, 5) is 16.2. The largest absolute Gasteiger partial charge is 0.486 e. The molecule has 0 fully saturated rings. The van der Waals surface area contributed by atoms with Gasteiger partial charge in [-0.15, -0.1) is 11.3 Å². The lowest BCUT2D eigenvalue weighted by atomic mass is 10.1. The fourth-order valence-corrected chi connectivity index (χ4v) is 2.76. The first-order chi connectivity index (χ1) is 10.9. The van der Waals surface area contributed by atoms with Gasteiger partial charge in [0.25, 0.3) is 0 Å². The second-order valence-electron chi connectivity index (χ2n) is 6.02. The maximum absolute atomic E-state index is 11.8. The van der Waals surface area contributed by atoms with Crippen molar-refractivity contribution in [3.8, 4) is 22.8 Å². The molecular formula is C16H18N2O4S. The summed E-state index contributed by atoms with van der Waals surface area (Å²) in [5.74, 6) is 1.45. The molecule has 2 aromatic rings. The number of rotatable bonds is 2. The topological polar surface area (TPSA) is 69.7 Å². The zero-order valence-electron chi connectivity index (χ0n) is 13.2.